The van der Waals surface area contributed by atoms with Gasteiger partial charge in [0.25, 0.3) is 0 Å². The smallest absolute Gasteiger partial charge is 0.0947 e. The molecule has 4 heteroatoms. The summed E-state index contributed by atoms with van der Waals surface area (Å²) in [5.74, 6) is 0. The Morgan fingerprint density at radius 2 is 2.15 bits per heavy atom. The zero-order chi connectivity index (χ0) is 8.72. The molecule has 2 nitrogen and oxygen atoms in total. The zero-order valence-corrected chi connectivity index (χ0v) is 8.48. The molecule has 0 heterocycles. The number of rotatable bonds is 0. The molecule has 0 radical (unpaired) electrons. The van der Waals surface area contributed by atoms with Crippen molar-refractivity contribution in [1.82, 2.24) is 0 Å². The van der Waals surface area contributed by atoms with Gasteiger partial charge in [0.2, 0.25) is 0 Å². The zero-order valence-electron chi connectivity index (χ0n) is 6.90. The van der Waals surface area contributed by atoms with Crippen molar-refractivity contribution in [3.63, 3.8) is 0 Å². The minimum absolute atomic E-state index is 0. The van der Waals surface area contributed by atoms with E-state index in [2.05, 4.69) is 0 Å². The molecule has 0 aliphatic heterocycles. The number of benzene rings is 1. The molecule has 1 aromatic rings. The molecule has 0 aromatic heterocycles. The summed E-state index contributed by atoms with van der Waals surface area (Å²) in [5.41, 5.74) is 7.57. The van der Waals surface area contributed by atoms with E-state index in [1.165, 1.54) is 0 Å². The van der Waals surface area contributed by atoms with E-state index in [0.29, 0.717) is 11.4 Å². The average Bonchev–Trinajstić information content (AvgIpc) is 2.32. The first-order chi connectivity index (χ1) is 5.70. The van der Waals surface area contributed by atoms with E-state index in [1.54, 1.807) is 0 Å². The third-order valence-corrected chi connectivity index (χ3v) is 2.67. The number of aliphatic hydroxyl groups is 1. The fourth-order valence-corrected chi connectivity index (χ4v) is 1.90. The van der Waals surface area contributed by atoms with E-state index >= 15 is 0 Å². The summed E-state index contributed by atoms with van der Waals surface area (Å²) in [6.07, 6.45) is 0.134. The highest BCUT2D eigenvalue weighted by molar-refractivity contribution is 6.31. The lowest BCUT2D eigenvalue weighted by Crippen LogP contribution is -2.24. The predicted molar refractivity (Wildman–Crippen MR) is 55.3 cm³/mol. The summed E-state index contributed by atoms with van der Waals surface area (Å²) in [7, 11) is 0. The van der Waals surface area contributed by atoms with Crippen LogP contribution in [0.2, 0.25) is 5.02 Å². The molecule has 1 aromatic carbocycles. The van der Waals surface area contributed by atoms with Gasteiger partial charge in [0.1, 0.15) is 0 Å². The SMILES string of the molecule is Cl.NC1Cc2c(Cl)cccc2C1O. The van der Waals surface area contributed by atoms with Crippen LogP contribution in [0.15, 0.2) is 18.2 Å². The molecule has 2 unspecified atom stereocenters. The highest BCUT2D eigenvalue weighted by atomic mass is 35.5. The van der Waals surface area contributed by atoms with Crippen molar-refractivity contribution in [3.05, 3.63) is 34.3 Å². The molecule has 0 fully saturated rings. The average molecular weight is 220 g/mol. The van der Waals surface area contributed by atoms with Crippen LogP contribution >= 0.6 is 24.0 Å². The van der Waals surface area contributed by atoms with Gasteiger partial charge in [0.05, 0.1) is 6.10 Å². The van der Waals surface area contributed by atoms with Gasteiger partial charge in [-0.2, -0.15) is 0 Å². The van der Waals surface area contributed by atoms with Crippen LogP contribution in [-0.4, -0.2) is 11.1 Å². The third-order valence-electron chi connectivity index (χ3n) is 2.32. The van der Waals surface area contributed by atoms with E-state index in [1.807, 2.05) is 18.2 Å². The van der Waals surface area contributed by atoms with E-state index in [-0.39, 0.29) is 18.4 Å². The minimum Gasteiger partial charge on any atom is -0.387 e. The maximum absolute atomic E-state index is 9.59. The molecule has 1 aliphatic carbocycles. The van der Waals surface area contributed by atoms with Gasteiger partial charge in [-0.1, -0.05) is 23.7 Å². The maximum atomic E-state index is 9.59. The molecule has 72 valence electrons. The summed E-state index contributed by atoms with van der Waals surface area (Å²) < 4.78 is 0. The standard InChI is InChI=1S/C9H10ClNO.ClH/c10-7-3-1-2-5-6(7)4-8(11)9(5)12;/h1-3,8-9,12H,4,11H2;1H. The first-order valence-electron chi connectivity index (χ1n) is 3.91. The van der Waals surface area contributed by atoms with Crippen LogP contribution in [0.1, 0.15) is 17.2 Å². The van der Waals surface area contributed by atoms with Gasteiger partial charge in [-0.05, 0) is 23.6 Å². The van der Waals surface area contributed by atoms with Crippen LogP contribution in [0.3, 0.4) is 0 Å². The van der Waals surface area contributed by atoms with Crippen LogP contribution in [0, 0.1) is 0 Å². The molecular formula is C9H11Cl2NO. The van der Waals surface area contributed by atoms with Crippen molar-refractivity contribution in [3.8, 4) is 0 Å². The van der Waals surface area contributed by atoms with E-state index in [9.17, 15) is 5.11 Å². The molecule has 0 bridgehead atoms. The lowest BCUT2D eigenvalue weighted by Gasteiger charge is -2.07. The lowest BCUT2D eigenvalue weighted by atomic mass is 10.1. The topological polar surface area (TPSA) is 46.2 Å². The number of hydrogen-bond acceptors (Lipinski definition) is 2. The van der Waals surface area contributed by atoms with Gasteiger partial charge in [-0.15, -0.1) is 12.4 Å². The number of halogens is 2. The normalized spacial score (nSPS) is 25.2. The van der Waals surface area contributed by atoms with Crippen molar-refractivity contribution in [1.29, 1.82) is 0 Å². The van der Waals surface area contributed by atoms with Crippen LogP contribution in [0.25, 0.3) is 0 Å². The quantitative estimate of drug-likeness (QED) is 0.698. The highest BCUT2D eigenvalue weighted by Crippen LogP contribution is 2.34. The predicted octanol–water partition coefficient (Wildman–Crippen LogP) is 1.68. The molecule has 0 saturated heterocycles. The molecule has 0 amide bonds. The summed E-state index contributed by atoms with van der Waals surface area (Å²) in [6.45, 7) is 0. The van der Waals surface area contributed by atoms with Crippen molar-refractivity contribution in [2.45, 2.75) is 18.6 Å². The van der Waals surface area contributed by atoms with Gasteiger partial charge in [-0.25, -0.2) is 0 Å². The highest BCUT2D eigenvalue weighted by Gasteiger charge is 2.29. The Hall–Kier alpha value is -0.280. The summed E-state index contributed by atoms with van der Waals surface area (Å²) >= 11 is 5.93. The van der Waals surface area contributed by atoms with Gasteiger partial charge in [-0.3, -0.25) is 0 Å². The minimum atomic E-state index is -0.543. The van der Waals surface area contributed by atoms with Crippen LogP contribution in [0.5, 0.6) is 0 Å². The van der Waals surface area contributed by atoms with Crippen molar-refractivity contribution < 1.29 is 5.11 Å². The third kappa shape index (κ3) is 1.67. The molecule has 0 saturated carbocycles. The summed E-state index contributed by atoms with van der Waals surface area (Å²) in [5, 5.41) is 10.3. The van der Waals surface area contributed by atoms with Crippen LogP contribution in [0.4, 0.5) is 0 Å². The van der Waals surface area contributed by atoms with Gasteiger partial charge >= 0.3 is 0 Å². The molecule has 0 spiro atoms. The first kappa shape index (κ1) is 10.8. The maximum Gasteiger partial charge on any atom is 0.0947 e. The second-order valence-electron chi connectivity index (χ2n) is 3.12. The molecule has 13 heavy (non-hydrogen) atoms. The molecule has 2 rings (SSSR count). The Bertz CT molecular complexity index is 316. The van der Waals surface area contributed by atoms with Gasteiger partial charge in [0, 0.05) is 11.1 Å². The second-order valence-corrected chi connectivity index (χ2v) is 3.53. The Kier molecular flexibility index (Phi) is 3.19. The Morgan fingerprint density at radius 3 is 2.77 bits per heavy atom. The van der Waals surface area contributed by atoms with Gasteiger partial charge < -0.3 is 10.8 Å². The van der Waals surface area contributed by atoms with E-state index in [0.717, 1.165) is 11.1 Å². The molecule has 3 N–H and O–H groups in total. The monoisotopic (exact) mass is 219 g/mol. The van der Waals surface area contributed by atoms with E-state index < -0.39 is 6.10 Å². The van der Waals surface area contributed by atoms with Crippen molar-refractivity contribution in [2.24, 2.45) is 5.73 Å². The Labute approximate surface area is 88.1 Å². The molecule has 2 atom stereocenters. The van der Waals surface area contributed by atoms with E-state index in [4.69, 9.17) is 17.3 Å². The number of fused-ring (bicyclic) bond motifs is 1. The summed E-state index contributed by atoms with van der Waals surface area (Å²) in [4.78, 5) is 0. The van der Waals surface area contributed by atoms with Gasteiger partial charge in [0.15, 0.2) is 0 Å². The Balaban J connectivity index is 0.000000845. The van der Waals surface area contributed by atoms with Crippen LogP contribution in [-0.2, 0) is 6.42 Å². The number of hydrogen-bond donors (Lipinski definition) is 2. The Morgan fingerprint density at radius 1 is 1.46 bits per heavy atom. The fraction of sp³-hybridized carbons (Fsp3) is 0.333. The number of aliphatic hydroxyl groups excluding tert-OH is 1. The molecular weight excluding hydrogens is 209 g/mol. The summed E-state index contributed by atoms with van der Waals surface area (Å²) in [6, 6.07) is 5.34. The number of nitrogens with two attached hydrogens (primary N) is 1. The van der Waals surface area contributed by atoms with Crippen molar-refractivity contribution in [2.75, 3.05) is 0 Å². The second kappa shape index (κ2) is 3.84. The first-order valence-corrected chi connectivity index (χ1v) is 4.29. The van der Waals surface area contributed by atoms with Crippen LogP contribution < -0.4 is 5.73 Å². The largest absolute Gasteiger partial charge is 0.387 e. The van der Waals surface area contributed by atoms with Crippen molar-refractivity contribution >= 4 is 24.0 Å². The molecule has 1 aliphatic rings. The fourth-order valence-electron chi connectivity index (χ4n) is 1.65. The lowest BCUT2D eigenvalue weighted by molar-refractivity contribution is 0.159.